The molecule has 6 nitrogen and oxygen atoms in total. The van der Waals surface area contributed by atoms with Crippen LogP contribution in [0, 0.1) is 0 Å². The van der Waals surface area contributed by atoms with E-state index in [1.807, 2.05) is 6.07 Å². The van der Waals surface area contributed by atoms with Crippen molar-refractivity contribution in [2.75, 3.05) is 12.4 Å². The molecule has 0 aliphatic rings. The van der Waals surface area contributed by atoms with Gasteiger partial charge in [-0.1, -0.05) is 18.2 Å². The zero-order valence-corrected chi connectivity index (χ0v) is 12.0. The van der Waals surface area contributed by atoms with Crippen LogP contribution in [-0.4, -0.2) is 28.0 Å². The van der Waals surface area contributed by atoms with Gasteiger partial charge in [0, 0.05) is 13.6 Å². The summed E-state index contributed by atoms with van der Waals surface area (Å²) in [7, 11) is 3.33. The lowest BCUT2D eigenvalue weighted by atomic mass is 10.1. The summed E-state index contributed by atoms with van der Waals surface area (Å²) in [6.45, 7) is 0.393. The van der Waals surface area contributed by atoms with Crippen LogP contribution in [-0.2, 0) is 13.6 Å². The predicted octanol–water partition coefficient (Wildman–Crippen LogP) is 2.16. The van der Waals surface area contributed by atoms with Gasteiger partial charge in [-0.15, -0.1) is 17.5 Å². The monoisotopic (exact) mass is 297 g/mol. The van der Waals surface area contributed by atoms with Crippen molar-refractivity contribution in [3.05, 3.63) is 41.6 Å². The first kappa shape index (κ1) is 15.8. The van der Waals surface area contributed by atoms with Crippen molar-refractivity contribution in [2.45, 2.75) is 6.54 Å². The first-order valence-corrected chi connectivity index (χ1v) is 5.74. The number of nitrogens with zero attached hydrogens (tertiary/aromatic N) is 2. The third kappa shape index (κ3) is 3.42. The molecule has 7 heteroatoms. The van der Waals surface area contributed by atoms with E-state index in [-0.39, 0.29) is 18.0 Å². The van der Waals surface area contributed by atoms with Gasteiger partial charge in [0.15, 0.2) is 0 Å². The zero-order valence-electron chi connectivity index (χ0n) is 11.2. The lowest BCUT2D eigenvalue weighted by molar-refractivity contribution is 0.0696. The maximum absolute atomic E-state index is 11.1. The first-order valence-electron chi connectivity index (χ1n) is 5.74. The van der Waals surface area contributed by atoms with Crippen LogP contribution < -0.4 is 10.1 Å². The van der Waals surface area contributed by atoms with Gasteiger partial charge in [0.2, 0.25) is 0 Å². The van der Waals surface area contributed by atoms with Crippen LogP contribution in [0.1, 0.15) is 15.9 Å². The van der Waals surface area contributed by atoms with Gasteiger partial charge in [-0.25, -0.2) is 4.79 Å². The third-order valence-corrected chi connectivity index (χ3v) is 2.71. The molecule has 2 rings (SSSR count). The number of aromatic carboxylic acids is 1. The molecule has 2 N–H and O–H groups in total. The highest BCUT2D eigenvalue weighted by molar-refractivity contribution is 5.89. The van der Waals surface area contributed by atoms with E-state index in [2.05, 4.69) is 10.4 Å². The molecule has 0 amide bonds. The van der Waals surface area contributed by atoms with Crippen LogP contribution >= 0.6 is 12.4 Å². The maximum atomic E-state index is 11.1. The molecule has 0 radical (unpaired) electrons. The molecule has 0 saturated carbocycles. The Morgan fingerprint density at radius 1 is 1.45 bits per heavy atom. The summed E-state index contributed by atoms with van der Waals surface area (Å²) in [6, 6.07) is 6.88. The molecule has 0 fully saturated rings. The van der Waals surface area contributed by atoms with Crippen molar-refractivity contribution >= 4 is 24.1 Å². The number of nitrogens with one attached hydrogen (secondary N) is 1. The number of halogens is 1. The summed E-state index contributed by atoms with van der Waals surface area (Å²) >= 11 is 0. The highest BCUT2D eigenvalue weighted by atomic mass is 35.5. The van der Waals surface area contributed by atoms with E-state index in [1.165, 1.54) is 0 Å². The Balaban J connectivity index is 0.00000200. The Morgan fingerprint density at radius 3 is 2.80 bits per heavy atom. The number of carbonyl (C=O) groups is 1. The fourth-order valence-electron chi connectivity index (χ4n) is 1.81. The minimum atomic E-state index is -0.935. The molecule has 0 bridgehead atoms. The molecule has 108 valence electrons. The molecule has 0 atom stereocenters. The van der Waals surface area contributed by atoms with E-state index >= 15 is 0 Å². The number of aryl methyl sites for hydroxylation is 1. The molecule has 0 saturated heterocycles. The maximum Gasteiger partial charge on any atom is 0.336 e. The van der Waals surface area contributed by atoms with Crippen LogP contribution in [0.15, 0.2) is 30.5 Å². The van der Waals surface area contributed by atoms with Gasteiger partial charge in [0.25, 0.3) is 5.88 Å². The zero-order chi connectivity index (χ0) is 13.8. The number of methoxy groups -OCH3 is 1. The van der Waals surface area contributed by atoms with Crippen molar-refractivity contribution in [3.8, 4) is 5.88 Å². The Kier molecular flexibility index (Phi) is 5.40. The van der Waals surface area contributed by atoms with Gasteiger partial charge in [-0.05, 0) is 11.6 Å². The van der Waals surface area contributed by atoms with Crippen LogP contribution in [0.5, 0.6) is 5.88 Å². The summed E-state index contributed by atoms with van der Waals surface area (Å²) in [5.41, 5.74) is 1.73. The average molecular weight is 298 g/mol. The fraction of sp³-hybridized carbons (Fsp3) is 0.231. The second kappa shape index (κ2) is 6.81. The molecular formula is C13H16ClN3O3. The van der Waals surface area contributed by atoms with E-state index in [9.17, 15) is 4.79 Å². The lowest BCUT2D eigenvalue weighted by Crippen LogP contribution is -2.07. The Morgan fingerprint density at radius 2 is 2.15 bits per heavy atom. The summed E-state index contributed by atoms with van der Waals surface area (Å²) in [4.78, 5) is 11.1. The molecule has 0 aliphatic carbocycles. The number of carboxylic acid groups (broad SMARTS) is 1. The number of benzene rings is 1. The van der Waals surface area contributed by atoms with Crippen molar-refractivity contribution in [2.24, 2.45) is 7.05 Å². The number of carboxylic acids is 1. The number of rotatable bonds is 5. The molecule has 1 aromatic carbocycles. The predicted molar refractivity (Wildman–Crippen MR) is 77.7 cm³/mol. The van der Waals surface area contributed by atoms with Crippen LogP contribution in [0.4, 0.5) is 5.69 Å². The van der Waals surface area contributed by atoms with Crippen molar-refractivity contribution in [1.82, 2.24) is 9.78 Å². The fourth-order valence-corrected chi connectivity index (χ4v) is 1.81. The van der Waals surface area contributed by atoms with Gasteiger partial charge in [0.05, 0.1) is 18.9 Å². The number of hydrogen-bond donors (Lipinski definition) is 2. The summed E-state index contributed by atoms with van der Waals surface area (Å²) in [5, 5.41) is 16.3. The molecule has 0 unspecified atom stereocenters. The number of ether oxygens (including phenoxy) is 1. The van der Waals surface area contributed by atoms with Crippen LogP contribution in [0.2, 0.25) is 0 Å². The highest BCUT2D eigenvalue weighted by Gasteiger charge is 2.11. The second-order valence-electron chi connectivity index (χ2n) is 4.04. The van der Waals surface area contributed by atoms with Crippen molar-refractivity contribution < 1.29 is 14.6 Å². The Bertz CT molecular complexity index is 598. The van der Waals surface area contributed by atoms with E-state index < -0.39 is 5.97 Å². The number of hydrogen-bond acceptors (Lipinski definition) is 4. The number of aromatic nitrogens is 2. The average Bonchev–Trinajstić information content (AvgIpc) is 2.77. The Hall–Kier alpha value is -2.21. The molecule has 2 aromatic rings. The number of anilines is 1. The standard InChI is InChI=1S/C13H15N3O3.ClH/c1-16-8-11(12(15-16)19-2)14-7-9-5-3-4-6-10(9)13(17)18;/h3-6,8,14H,7H2,1-2H3,(H,17,18);1H. The first-order chi connectivity index (χ1) is 9.11. The quantitative estimate of drug-likeness (QED) is 0.884. The Labute approximate surface area is 122 Å². The van der Waals surface area contributed by atoms with E-state index in [0.717, 1.165) is 5.69 Å². The summed E-state index contributed by atoms with van der Waals surface area (Å²) in [5.74, 6) is -0.453. The molecule has 0 aliphatic heterocycles. The third-order valence-electron chi connectivity index (χ3n) is 2.71. The van der Waals surface area contributed by atoms with Gasteiger partial charge in [-0.2, -0.15) is 0 Å². The minimum absolute atomic E-state index is 0. The molecule has 20 heavy (non-hydrogen) atoms. The molecule has 1 heterocycles. The second-order valence-corrected chi connectivity index (χ2v) is 4.04. The van der Waals surface area contributed by atoms with Crippen LogP contribution in [0.3, 0.4) is 0 Å². The SMILES string of the molecule is COc1nn(C)cc1NCc1ccccc1C(=O)O.Cl. The van der Waals surface area contributed by atoms with Gasteiger partial charge < -0.3 is 15.2 Å². The summed E-state index contributed by atoms with van der Waals surface area (Å²) < 4.78 is 6.75. The smallest absolute Gasteiger partial charge is 0.336 e. The topological polar surface area (TPSA) is 76.4 Å². The lowest BCUT2D eigenvalue weighted by Gasteiger charge is -2.08. The van der Waals surface area contributed by atoms with E-state index in [4.69, 9.17) is 9.84 Å². The van der Waals surface area contributed by atoms with Crippen molar-refractivity contribution in [3.63, 3.8) is 0 Å². The van der Waals surface area contributed by atoms with Gasteiger partial charge >= 0.3 is 5.97 Å². The van der Waals surface area contributed by atoms with Crippen LogP contribution in [0.25, 0.3) is 0 Å². The highest BCUT2D eigenvalue weighted by Crippen LogP contribution is 2.22. The van der Waals surface area contributed by atoms with E-state index in [0.29, 0.717) is 18.0 Å². The normalized spacial score (nSPS) is 9.70. The van der Waals surface area contributed by atoms with Gasteiger partial charge in [-0.3, -0.25) is 4.68 Å². The van der Waals surface area contributed by atoms with Gasteiger partial charge in [0.1, 0.15) is 5.69 Å². The largest absolute Gasteiger partial charge is 0.478 e. The molecular weight excluding hydrogens is 282 g/mol. The summed E-state index contributed by atoms with van der Waals surface area (Å²) in [6.07, 6.45) is 1.78. The molecule has 0 spiro atoms. The van der Waals surface area contributed by atoms with E-state index in [1.54, 1.807) is 43.2 Å². The molecule has 1 aromatic heterocycles. The minimum Gasteiger partial charge on any atom is -0.478 e. The van der Waals surface area contributed by atoms with Crippen molar-refractivity contribution in [1.29, 1.82) is 0 Å².